The fourth-order valence-electron chi connectivity index (χ4n) is 3.47. The fraction of sp³-hybridized carbons (Fsp3) is 0.409. The number of carbonyl (C=O) groups is 1. The van der Waals surface area contributed by atoms with Crippen LogP contribution in [0, 0.1) is 6.92 Å². The van der Waals surface area contributed by atoms with Gasteiger partial charge in [-0.1, -0.05) is 29.8 Å². The number of rotatable bonds is 4. The van der Waals surface area contributed by atoms with Crippen molar-refractivity contribution < 1.29 is 9.90 Å². The Kier molecular flexibility index (Phi) is 6.17. The SMILES string of the molecule is CC1CCCN1c1cc(NC=O)nc2ccnn12.Cc1ccc(C(C)(C)O)cc1. The van der Waals surface area contributed by atoms with Crippen LogP contribution >= 0.6 is 0 Å². The smallest absolute Gasteiger partial charge is 0.212 e. The topological polar surface area (TPSA) is 82.8 Å². The molecule has 1 aromatic carbocycles. The van der Waals surface area contributed by atoms with Crippen LogP contribution in [0.2, 0.25) is 0 Å². The molecule has 2 aromatic heterocycles. The van der Waals surface area contributed by atoms with Crippen LogP contribution in [0.25, 0.3) is 5.65 Å². The number of anilines is 2. The van der Waals surface area contributed by atoms with E-state index in [0.29, 0.717) is 18.3 Å². The molecule has 1 saturated heterocycles. The second kappa shape index (κ2) is 8.61. The third-order valence-electron chi connectivity index (χ3n) is 5.15. The van der Waals surface area contributed by atoms with Crippen LogP contribution in [0.15, 0.2) is 42.6 Å². The van der Waals surface area contributed by atoms with Gasteiger partial charge < -0.3 is 15.3 Å². The molecule has 3 heterocycles. The molecule has 154 valence electrons. The zero-order valence-corrected chi connectivity index (χ0v) is 17.5. The molecule has 4 rings (SSSR count). The lowest BCUT2D eigenvalue weighted by Crippen LogP contribution is -2.28. The van der Waals surface area contributed by atoms with Crippen molar-refractivity contribution in [3.63, 3.8) is 0 Å². The lowest BCUT2D eigenvalue weighted by Gasteiger charge is -2.24. The summed E-state index contributed by atoms with van der Waals surface area (Å²) in [6.07, 6.45) is 4.73. The third-order valence-corrected chi connectivity index (χ3v) is 5.15. The van der Waals surface area contributed by atoms with E-state index < -0.39 is 5.60 Å². The van der Waals surface area contributed by atoms with E-state index in [1.807, 2.05) is 47.8 Å². The lowest BCUT2D eigenvalue weighted by atomic mass is 9.98. The van der Waals surface area contributed by atoms with Crippen LogP contribution in [0.5, 0.6) is 0 Å². The van der Waals surface area contributed by atoms with Crippen LogP contribution in [0.4, 0.5) is 11.6 Å². The van der Waals surface area contributed by atoms with E-state index in [1.165, 1.54) is 18.4 Å². The number of nitrogens with one attached hydrogen (secondary N) is 1. The number of hydrogen-bond donors (Lipinski definition) is 2. The third kappa shape index (κ3) is 4.92. The molecule has 29 heavy (non-hydrogen) atoms. The molecule has 0 bridgehead atoms. The highest BCUT2D eigenvalue weighted by Crippen LogP contribution is 2.27. The van der Waals surface area contributed by atoms with Gasteiger partial charge in [0.05, 0.1) is 11.8 Å². The number of aryl methyl sites for hydroxylation is 1. The maximum Gasteiger partial charge on any atom is 0.212 e. The Labute approximate surface area is 171 Å². The number of nitrogens with zero attached hydrogens (tertiary/aromatic N) is 4. The summed E-state index contributed by atoms with van der Waals surface area (Å²) in [6.45, 7) is 8.83. The molecule has 1 fully saturated rings. The summed E-state index contributed by atoms with van der Waals surface area (Å²) < 4.78 is 1.82. The first-order valence-electron chi connectivity index (χ1n) is 9.90. The molecule has 0 radical (unpaired) electrons. The molecule has 7 heteroatoms. The molecule has 1 atom stereocenters. The Bertz CT molecular complexity index is 959. The van der Waals surface area contributed by atoms with Gasteiger partial charge in [0.1, 0.15) is 11.6 Å². The highest BCUT2D eigenvalue weighted by Gasteiger charge is 2.23. The zero-order chi connectivity index (χ0) is 21.0. The number of amides is 1. The van der Waals surface area contributed by atoms with Crippen LogP contribution < -0.4 is 10.2 Å². The maximum atomic E-state index is 10.6. The van der Waals surface area contributed by atoms with Crippen molar-refractivity contribution in [2.24, 2.45) is 0 Å². The molecule has 1 aliphatic rings. The second-order valence-corrected chi connectivity index (χ2v) is 7.97. The lowest BCUT2D eigenvalue weighted by molar-refractivity contribution is -0.105. The van der Waals surface area contributed by atoms with E-state index in [2.05, 4.69) is 27.2 Å². The van der Waals surface area contributed by atoms with Gasteiger partial charge in [-0.05, 0) is 46.1 Å². The molecule has 1 unspecified atom stereocenters. The molecular weight excluding hydrogens is 366 g/mol. The highest BCUT2D eigenvalue weighted by atomic mass is 16.3. The summed E-state index contributed by atoms with van der Waals surface area (Å²) in [4.78, 5) is 17.2. The van der Waals surface area contributed by atoms with E-state index in [9.17, 15) is 9.90 Å². The van der Waals surface area contributed by atoms with Crippen molar-refractivity contribution >= 4 is 23.7 Å². The molecule has 1 amide bonds. The average Bonchev–Trinajstić information content (AvgIpc) is 3.30. The van der Waals surface area contributed by atoms with E-state index in [1.54, 1.807) is 20.0 Å². The van der Waals surface area contributed by atoms with Crippen LogP contribution in [-0.4, -0.2) is 38.7 Å². The summed E-state index contributed by atoms with van der Waals surface area (Å²) in [5.41, 5.74) is 2.21. The van der Waals surface area contributed by atoms with Gasteiger partial charge >= 0.3 is 0 Å². The molecule has 2 N–H and O–H groups in total. The number of fused-ring (bicyclic) bond motifs is 1. The minimum atomic E-state index is -0.715. The Balaban J connectivity index is 0.000000188. The highest BCUT2D eigenvalue weighted by molar-refractivity contribution is 5.72. The standard InChI is InChI=1S/C12H15N5O.C10H14O/c1-9-3-2-6-16(9)12-7-10(13-8-18)15-11-4-5-14-17(11)12;1-8-4-6-9(7-5-8)10(2,3)11/h4-5,7-9H,2-3,6H2,1H3,(H,13,15,18);4-7,11H,1-3H3. The van der Waals surface area contributed by atoms with Gasteiger partial charge in [0, 0.05) is 24.7 Å². The van der Waals surface area contributed by atoms with Gasteiger partial charge in [0.25, 0.3) is 0 Å². The van der Waals surface area contributed by atoms with Crippen molar-refractivity contribution in [2.75, 3.05) is 16.8 Å². The molecule has 3 aromatic rings. The van der Waals surface area contributed by atoms with Crippen LogP contribution in [0.1, 0.15) is 44.7 Å². The Morgan fingerprint density at radius 1 is 1.24 bits per heavy atom. The van der Waals surface area contributed by atoms with Crippen molar-refractivity contribution in [1.82, 2.24) is 14.6 Å². The van der Waals surface area contributed by atoms with E-state index >= 15 is 0 Å². The minimum absolute atomic E-state index is 0.490. The van der Waals surface area contributed by atoms with Gasteiger partial charge in [-0.25, -0.2) is 4.98 Å². The Morgan fingerprint density at radius 3 is 2.55 bits per heavy atom. The molecule has 1 aliphatic heterocycles. The monoisotopic (exact) mass is 395 g/mol. The van der Waals surface area contributed by atoms with Crippen molar-refractivity contribution in [3.8, 4) is 0 Å². The molecule has 0 saturated carbocycles. The van der Waals surface area contributed by atoms with E-state index in [4.69, 9.17) is 0 Å². The molecule has 0 aliphatic carbocycles. The predicted molar refractivity (Wildman–Crippen MR) is 115 cm³/mol. The number of aliphatic hydroxyl groups is 1. The number of hydrogen-bond acceptors (Lipinski definition) is 5. The van der Waals surface area contributed by atoms with Gasteiger partial charge in [0.15, 0.2) is 5.65 Å². The number of aromatic nitrogens is 3. The van der Waals surface area contributed by atoms with Gasteiger partial charge in [0.2, 0.25) is 6.41 Å². The summed E-state index contributed by atoms with van der Waals surface area (Å²) in [6, 6.07) is 12.1. The minimum Gasteiger partial charge on any atom is -0.386 e. The quantitative estimate of drug-likeness (QED) is 0.661. The molecule has 0 spiro atoms. The molecule has 7 nitrogen and oxygen atoms in total. The average molecular weight is 396 g/mol. The Hall–Kier alpha value is -2.93. The van der Waals surface area contributed by atoms with E-state index in [-0.39, 0.29) is 0 Å². The van der Waals surface area contributed by atoms with E-state index in [0.717, 1.165) is 23.6 Å². The Morgan fingerprint density at radius 2 is 1.97 bits per heavy atom. The largest absolute Gasteiger partial charge is 0.386 e. The first kappa shape index (κ1) is 20.8. The van der Waals surface area contributed by atoms with Gasteiger partial charge in [-0.3, -0.25) is 4.79 Å². The fourth-order valence-corrected chi connectivity index (χ4v) is 3.47. The number of benzene rings is 1. The second-order valence-electron chi connectivity index (χ2n) is 7.97. The maximum absolute atomic E-state index is 10.6. The summed E-state index contributed by atoms with van der Waals surface area (Å²) in [5, 5.41) is 16.5. The first-order valence-corrected chi connectivity index (χ1v) is 9.90. The zero-order valence-electron chi connectivity index (χ0n) is 17.5. The first-order chi connectivity index (χ1) is 13.8. The summed E-state index contributed by atoms with van der Waals surface area (Å²) in [7, 11) is 0. The van der Waals surface area contributed by atoms with Crippen LogP contribution in [-0.2, 0) is 10.4 Å². The van der Waals surface area contributed by atoms with Crippen molar-refractivity contribution in [1.29, 1.82) is 0 Å². The number of carbonyl (C=O) groups excluding carboxylic acids is 1. The van der Waals surface area contributed by atoms with Crippen molar-refractivity contribution in [2.45, 2.75) is 52.2 Å². The molecular formula is C22H29N5O2. The van der Waals surface area contributed by atoms with Gasteiger partial charge in [-0.15, -0.1) is 0 Å². The predicted octanol–water partition coefficient (Wildman–Crippen LogP) is 3.51. The summed E-state index contributed by atoms with van der Waals surface area (Å²) in [5.74, 6) is 1.55. The normalized spacial score (nSPS) is 16.4. The van der Waals surface area contributed by atoms with Gasteiger partial charge in [-0.2, -0.15) is 9.61 Å². The summed E-state index contributed by atoms with van der Waals surface area (Å²) >= 11 is 0. The van der Waals surface area contributed by atoms with Crippen LogP contribution in [0.3, 0.4) is 0 Å². The van der Waals surface area contributed by atoms with Crippen molar-refractivity contribution in [3.05, 3.63) is 53.7 Å².